The van der Waals surface area contributed by atoms with E-state index in [4.69, 9.17) is 4.42 Å². The van der Waals surface area contributed by atoms with Gasteiger partial charge >= 0.3 is 0 Å². The number of carbonyl (C=O) groups is 1. The first kappa shape index (κ1) is 13.8. The predicted octanol–water partition coefficient (Wildman–Crippen LogP) is 3.96. The van der Waals surface area contributed by atoms with Gasteiger partial charge in [0.15, 0.2) is 10.8 Å². The van der Waals surface area contributed by atoms with Gasteiger partial charge in [-0.25, -0.2) is 4.98 Å². The average Bonchev–Trinajstić information content (AvgIpc) is 3.20. The van der Waals surface area contributed by atoms with Crippen molar-refractivity contribution >= 4 is 17.2 Å². The molecule has 6 rings (SSSR count). The summed E-state index contributed by atoms with van der Waals surface area (Å²) >= 11 is 1.46. The quantitative estimate of drug-likeness (QED) is 0.928. The number of carbonyl (C=O) groups excluding carboxylic acids is 1. The average molecular weight is 328 g/mol. The Morgan fingerprint density at radius 1 is 1.17 bits per heavy atom. The van der Waals surface area contributed by atoms with Crippen LogP contribution in [0.25, 0.3) is 10.8 Å². The summed E-state index contributed by atoms with van der Waals surface area (Å²) in [5.74, 6) is 3.95. The van der Waals surface area contributed by atoms with Crippen LogP contribution in [-0.2, 0) is 0 Å². The van der Waals surface area contributed by atoms with Crippen LogP contribution in [0.5, 0.6) is 0 Å². The van der Waals surface area contributed by atoms with Gasteiger partial charge in [-0.2, -0.15) is 0 Å². The minimum Gasteiger partial charge on any atom is -0.462 e. The molecular formula is C18H20N2O2S. The summed E-state index contributed by atoms with van der Waals surface area (Å²) in [5, 5.41) is 5.92. The molecule has 4 saturated carbocycles. The number of nitrogens with zero attached hydrogens (tertiary/aromatic N) is 1. The number of aromatic nitrogens is 1. The van der Waals surface area contributed by atoms with E-state index in [0.717, 1.165) is 22.6 Å². The van der Waals surface area contributed by atoms with E-state index in [0.29, 0.717) is 23.6 Å². The van der Waals surface area contributed by atoms with Gasteiger partial charge < -0.3 is 9.73 Å². The van der Waals surface area contributed by atoms with Crippen LogP contribution >= 0.6 is 11.3 Å². The van der Waals surface area contributed by atoms with Gasteiger partial charge in [-0.1, -0.05) is 0 Å². The lowest BCUT2D eigenvalue weighted by Gasteiger charge is -2.54. The van der Waals surface area contributed by atoms with Crippen LogP contribution in [0.2, 0.25) is 0 Å². The largest absolute Gasteiger partial charge is 0.462 e. The smallest absolute Gasteiger partial charge is 0.271 e. The van der Waals surface area contributed by atoms with Crippen molar-refractivity contribution < 1.29 is 9.21 Å². The molecule has 4 aliphatic carbocycles. The van der Waals surface area contributed by atoms with E-state index in [1.165, 1.54) is 43.4 Å². The molecular weight excluding hydrogens is 308 g/mol. The van der Waals surface area contributed by atoms with Crippen LogP contribution in [0.4, 0.5) is 0 Å². The second-order valence-electron chi connectivity index (χ2n) is 7.45. The van der Waals surface area contributed by atoms with E-state index in [1.54, 1.807) is 6.26 Å². The molecule has 1 amide bonds. The number of furan rings is 1. The molecule has 4 fully saturated rings. The molecule has 0 aromatic carbocycles. The van der Waals surface area contributed by atoms with Crippen molar-refractivity contribution in [1.82, 2.24) is 10.3 Å². The topological polar surface area (TPSA) is 55.1 Å². The Kier molecular flexibility index (Phi) is 3.11. The monoisotopic (exact) mass is 328 g/mol. The van der Waals surface area contributed by atoms with Gasteiger partial charge in [0, 0.05) is 11.4 Å². The molecule has 0 radical (unpaired) electrons. The Hall–Kier alpha value is -1.62. The Labute approximate surface area is 139 Å². The van der Waals surface area contributed by atoms with E-state index in [1.807, 2.05) is 17.5 Å². The standard InChI is InChI=1S/C18H20N2O2S/c21-17(14-9-23-18(19-14)15-2-1-3-22-15)20-16-12-5-10-4-11(7-12)8-13(16)6-10/h1-3,9-13,16H,4-8H2,(H,20,21). The first-order chi connectivity index (χ1) is 11.3. The lowest BCUT2D eigenvalue weighted by Crippen LogP contribution is -2.55. The van der Waals surface area contributed by atoms with Crippen molar-refractivity contribution in [2.24, 2.45) is 23.7 Å². The van der Waals surface area contributed by atoms with E-state index in [9.17, 15) is 4.79 Å². The van der Waals surface area contributed by atoms with Crippen LogP contribution in [0.1, 0.15) is 42.6 Å². The molecule has 0 spiro atoms. The number of rotatable bonds is 3. The highest BCUT2D eigenvalue weighted by Crippen LogP contribution is 2.53. The number of thiazole rings is 1. The van der Waals surface area contributed by atoms with Gasteiger partial charge in [0.25, 0.3) is 5.91 Å². The van der Waals surface area contributed by atoms with Gasteiger partial charge in [-0.3, -0.25) is 4.79 Å². The Balaban J connectivity index is 1.32. The summed E-state index contributed by atoms with van der Waals surface area (Å²) in [7, 11) is 0. The van der Waals surface area contributed by atoms with Crippen LogP contribution < -0.4 is 5.32 Å². The van der Waals surface area contributed by atoms with E-state index < -0.39 is 0 Å². The number of hydrogen-bond donors (Lipinski definition) is 1. The molecule has 2 aromatic rings. The molecule has 120 valence electrons. The summed E-state index contributed by atoms with van der Waals surface area (Å²) in [4.78, 5) is 17.1. The lowest BCUT2D eigenvalue weighted by molar-refractivity contribution is -0.0120. The maximum atomic E-state index is 12.6. The van der Waals surface area contributed by atoms with E-state index in [-0.39, 0.29) is 5.91 Å². The Morgan fingerprint density at radius 2 is 1.91 bits per heavy atom. The summed E-state index contributed by atoms with van der Waals surface area (Å²) in [6, 6.07) is 4.08. The molecule has 0 aliphatic heterocycles. The van der Waals surface area contributed by atoms with Gasteiger partial charge in [0.05, 0.1) is 6.26 Å². The first-order valence-electron chi connectivity index (χ1n) is 8.56. The molecule has 0 atom stereocenters. The fourth-order valence-electron chi connectivity index (χ4n) is 5.28. The molecule has 5 heteroatoms. The minimum absolute atomic E-state index is 0.0171. The SMILES string of the molecule is O=C(NC1C2CC3CC(C2)CC1C3)c1csc(-c2ccco2)n1. The number of nitrogens with one attached hydrogen (secondary N) is 1. The highest BCUT2D eigenvalue weighted by Gasteiger charge is 2.48. The van der Waals surface area contributed by atoms with Crippen LogP contribution in [-0.4, -0.2) is 16.9 Å². The molecule has 4 aliphatic rings. The van der Waals surface area contributed by atoms with E-state index >= 15 is 0 Å². The highest BCUT2D eigenvalue weighted by atomic mass is 32.1. The molecule has 1 N–H and O–H groups in total. The molecule has 23 heavy (non-hydrogen) atoms. The minimum atomic E-state index is -0.0171. The molecule has 0 unspecified atom stereocenters. The lowest BCUT2D eigenvalue weighted by atomic mass is 9.54. The Morgan fingerprint density at radius 3 is 2.57 bits per heavy atom. The number of hydrogen-bond acceptors (Lipinski definition) is 4. The fraction of sp³-hybridized carbons (Fsp3) is 0.556. The van der Waals surface area contributed by atoms with Crippen LogP contribution in [0.3, 0.4) is 0 Å². The van der Waals surface area contributed by atoms with Crippen LogP contribution in [0, 0.1) is 23.7 Å². The maximum Gasteiger partial charge on any atom is 0.271 e. The second-order valence-corrected chi connectivity index (χ2v) is 8.30. The molecule has 4 bridgehead atoms. The zero-order valence-corrected chi connectivity index (χ0v) is 13.7. The van der Waals surface area contributed by atoms with Crippen molar-refractivity contribution in [2.75, 3.05) is 0 Å². The molecule has 0 saturated heterocycles. The van der Waals surface area contributed by atoms with Gasteiger partial charge in [-0.05, 0) is 67.9 Å². The zero-order valence-electron chi connectivity index (χ0n) is 12.9. The zero-order chi connectivity index (χ0) is 15.4. The van der Waals surface area contributed by atoms with Crippen molar-refractivity contribution in [3.63, 3.8) is 0 Å². The third-order valence-electron chi connectivity index (χ3n) is 5.99. The third kappa shape index (κ3) is 2.33. The molecule has 2 heterocycles. The summed E-state index contributed by atoms with van der Waals surface area (Å²) in [5.41, 5.74) is 0.523. The predicted molar refractivity (Wildman–Crippen MR) is 88.1 cm³/mol. The van der Waals surface area contributed by atoms with Crippen molar-refractivity contribution in [3.05, 3.63) is 29.5 Å². The molecule has 2 aromatic heterocycles. The van der Waals surface area contributed by atoms with Crippen LogP contribution in [0.15, 0.2) is 28.2 Å². The van der Waals surface area contributed by atoms with Gasteiger partial charge in [-0.15, -0.1) is 11.3 Å². The van der Waals surface area contributed by atoms with E-state index in [2.05, 4.69) is 10.3 Å². The van der Waals surface area contributed by atoms with Gasteiger partial charge in [0.1, 0.15) is 5.69 Å². The third-order valence-corrected chi connectivity index (χ3v) is 6.85. The normalized spacial score (nSPS) is 34.7. The summed E-state index contributed by atoms with van der Waals surface area (Å²) < 4.78 is 5.36. The first-order valence-corrected chi connectivity index (χ1v) is 9.44. The summed E-state index contributed by atoms with van der Waals surface area (Å²) in [6.45, 7) is 0. The van der Waals surface area contributed by atoms with Crippen molar-refractivity contribution in [2.45, 2.75) is 38.1 Å². The molecule has 4 nitrogen and oxygen atoms in total. The Bertz CT molecular complexity index is 693. The summed E-state index contributed by atoms with van der Waals surface area (Å²) in [6.07, 6.45) is 8.32. The van der Waals surface area contributed by atoms with Crippen molar-refractivity contribution in [1.29, 1.82) is 0 Å². The fourth-order valence-corrected chi connectivity index (χ4v) is 6.04. The second kappa shape index (κ2) is 5.20. The maximum absolute atomic E-state index is 12.6. The van der Waals surface area contributed by atoms with Gasteiger partial charge in [0.2, 0.25) is 0 Å². The van der Waals surface area contributed by atoms with Crippen molar-refractivity contribution in [3.8, 4) is 10.8 Å². The number of amides is 1. The highest BCUT2D eigenvalue weighted by molar-refractivity contribution is 7.13.